The van der Waals surface area contributed by atoms with E-state index in [4.69, 9.17) is 5.73 Å². The number of hydrogen-bond acceptors (Lipinski definition) is 5. The third-order valence-electron chi connectivity index (χ3n) is 2.39. The van der Waals surface area contributed by atoms with E-state index in [2.05, 4.69) is 15.1 Å². The minimum absolute atomic E-state index is 0.101. The van der Waals surface area contributed by atoms with Gasteiger partial charge < -0.3 is 11.1 Å². The maximum Gasteiger partial charge on any atom is 0.246 e. The number of sulfonamides is 1. The largest absolute Gasteiger partial charge is 0.381 e. The van der Waals surface area contributed by atoms with E-state index >= 15 is 0 Å². The molecule has 108 valence electrons. The molecule has 0 bridgehead atoms. The molecule has 1 atom stereocenters. The van der Waals surface area contributed by atoms with Crippen LogP contribution in [0.25, 0.3) is 0 Å². The van der Waals surface area contributed by atoms with Crippen molar-refractivity contribution in [2.45, 2.75) is 31.2 Å². The van der Waals surface area contributed by atoms with E-state index in [9.17, 15) is 13.2 Å². The van der Waals surface area contributed by atoms with Crippen molar-refractivity contribution in [3.05, 3.63) is 6.20 Å². The molecule has 0 saturated carbocycles. The van der Waals surface area contributed by atoms with E-state index in [-0.39, 0.29) is 16.6 Å². The second-order valence-corrected chi connectivity index (χ2v) is 5.87. The van der Waals surface area contributed by atoms with Crippen molar-refractivity contribution in [3.8, 4) is 0 Å². The van der Waals surface area contributed by atoms with Gasteiger partial charge in [0.25, 0.3) is 0 Å². The molecule has 0 aliphatic heterocycles. The second kappa shape index (κ2) is 6.02. The Labute approximate surface area is 112 Å². The van der Waals surface area contributed by atoms with Gasteiger partial charge in [0.15, 0.2) is 5.82 Å². The number of aromatic nitrogens is 2. The summed E-state index contributed by atoms with van der Waals surface area (Å²) in [6.07, 6.45) is 2.06. The van der Waals surface area contributed by atoms with Gasteiger partial charge in [-0.2, -0.15) is 9.82 Å². The fourth-order valence-corrected chi connectivity index (χ4v) is 2.75. The number of nitrogens with two attached hydrogens (primary N) is 1. The third-order valence-corrected chi connectivity index (χ3v) is 3.94. The average molecular weight is 289 g/mol. The topological polar surface area (TPSA) is 119 Å². The Bertz CT molecular complexity index is 552. The monoisotopic (exact) mass is 289 g/mol. The second-order valence-electron chi connectivity index (χ2n) is 4.19. The molecule has 1 aromatic rings. The van der Waals surface area contributed by atoms with Crippen LogP contribution in [0.4, 0.5) is 5.82 Å². The number of nitrogens with one attached hydrogen (secondary N) is 2. The fourth-order valence-electron chi connectivity index (χ4n) is 1.44. The summed E-state index contributed by atoms with van der Waals surface area (Å²) in [6, 6.07) is -0.879. The molecule has 0 aliphatic carbocycles. The molecule has 8 nitrogen and oxygen atoms in total. The predicted molar refractivity (Wildman–Crippen MR) is 70.7 cm³/mol. The van der Waals surface area contributed by atoms with Crippen LogP contribution in [0.5, 0.6) is 0 Å². The normalized spacial score (nSPS) is 13.2. The van der Waals surface area contributed by atoms with Gasteiger partial charge >= 0.3 is 0 Å². The van der Waals surface area contributed by atoms with Gasteiger partial charge in [-0.05, 0) is 13.3 Å². The van der Waals surface area contributed by atoms with Crippen LogP contribution < -0.4 is 15.8 Å². The first-order valence-corrected chi connectivity index (χ1v) is 7.35. The van der Waals surface area contributed by atoms with Gasteiger partial charge in [0, 0.05) is 19.8 Å². The lowest BCUT2D eigenvalue weighted by molar-refractivity contribution is -0.122. The van der Waals surface area contributed by atoms with Crippen molar-refractivity contribution in [1.29, 1.82) is 0 Å². The lowest BCUT2D eigenvalue weighted by Crippen LogP contribution is -2.44. The Morgan fingerprint density at radius 1 is 1.58 bits per heavy atom. The number of rotatable bonds is 6. The molecule has 0 radical (unpaired) electrons. The van der Waals surface area contributed by atoms with Crippen molar-refractivity contribution >= 4 is 21.7 Å². The summed E-state index contributed by atoms with van der Waals surface area (Å²) in [4.78, 5) is 11.5. The summed E-state index contributed by atoms with van der Waals surface area (Å²) < 4.78 is 27.6. The summed E-state index contributed by atoms with van der Waals surface area (Å²) in [5.74, 6) is -0.482. The Balaban J connectivity index is 2.80. The summed E-state index contributed by atoms with van der Waals surface area (Å²) in [5, 5.41) is 6.36. The van der Waals surface area contributed by atoms with Gasteiger partial charge in [-0.3, -0.25) is 9.48 Å². The number of carbonyl (C=O) groups is 1. The number of amides is 1. The number of hydrogen-bond donors (Lipinski definition) is 3. The van der Waals surface area contributed by atoms with Crippen LogP contribution in [0.3, 0.4) is 0 Å². The molecule has 0 fully saturated rings. The van der Waals surface area contributed by atoms with Crippen LogP contribution in [0.15, 0.2) is 11.1 Å². The van der Waals surface area contributed by atoms with Crippen LogP contribution in [0.2, 0.25) is 0 Å². The van der Waals surface area contributed by atoms with E-state index in [1.54, 1.807) is 7.05 Å². The van der Waals surface area contributed by atoms with E-state index in [1.807, 2.05) is 6.92 Å². The molecule has 0 aromatic carbocycles. The Kier molecular flexibility index (Phi) is 4.90. The highest BCUT2D eigenvalue weighted by atomic mass is 32.2. The lowest BCUT2D eigenvalue weighted by Gasteiger charge is -2.13. The maximum absolute atomic E-state index is 12.0. The molecule has 4 N–H and O–H groups in total. The van der Waals surface area contributed by atoms with Crippen molar-refractivity contribution < 1.29 is 13.2 Å². The Hall–Kier alpha value is -1.61. The molecular weight excluding hydrogens is 270 g/mol. The van der Waals surface area contributed by atoms with Gasteiger partial charge in [0.1, 0.15) is 4.90 Å². The number of nitrogen functional groups attached to an aromatic ring is 1. The Morgan fingerprint density at radius 2 is 2.21 bits per heavy atom. The molecule has 9 heteroatoms. The SMILES string of the molecule is CCCNC(=O)C(C)NS(=O)(=O)c1cn(C)nc1N. The average Bonchev–Trinajstić information content (AvgIpc) is 2.65. The minimum Gasteiger partial charge on any atom is -0.381 e. The predicted octanol–water partition coefficient (Wildman–Crippen LogP) is -0.805. The number of carbonyl (C=O) groups excluding carboxylic acids is 1. The van der Waals surface area contributed by atoms with Crippen molar-refractivity contribution in [2.75, 3.05) is 12.3 Å². The summed E-state index contributed by atoms with van der Waals surface area (Å²) >= 11 is 0. The molecule has 0 saturated heterocycles. The highest BCUT2D eigenvalue weighted by Gasteiger charge is 2.25. The van der Waals surface area contributed by atoms with Gasteiger partial charge in [-0.25, -0.2) is 8.42 Å². The standard InChI is InChI=1S/C10H19N5O3S/c1-4-5-12-10(16)7(2)14-19(17,18)8-6-15(3)13-9(8)11/h6-7,14H,4-5H2,1-3H3,(H2,11,13)(H,12,16). The van der Waals surface area contributed by atoms with Gasteiger partial charge in [0.05, 0.1) is 6.04 Å². The van der Waals surface area contributed by atoms with Crippen LogP contribution in [0.1, 0.15) is 20.3 Å². The van der Waals surface area contributed by atoms with Gasteiger partial charge in [-0.15, -0.1) is 0 Å². The molecule has 1 rings (SSSR count). The molecule has 0 aliphatic rings. The molecular formula is C10H19N5O3S. The zero-order valence-electron chi connectivity index (χ0n) is 11.2. The smallest absolute Gasteiger partial charge is 0.246 e. The van der Waals surface area contributed by atoms with E-state index in [0.29, 0.717) is 6.54 Å². The molecule has 1 heterocycles. The maximum atomic E-state index is 12.0. The van der Waals surface area contributed by atoms with Crippen LogP contribution in [-0.4, -0.2) is 36.7 Å². The lowest BCUT2D eigenvalue weighted by atomic mass is 10.3. The van der Waals surface area contributed by atoms with Crippen LogP contribution >= 0.6 is 0 Å². The van der Waals surface area contributed by atoms with Gasteiger partial charge in [0.2, 0.25) is 15.9 Å². The zero-order chi connectivity index (χ0) is 14.6. The van der Waals surface area contributed by atoms with Crippen molar-refractivity contribution in [3.63, 3.8) is 0 Å². The van der Waals surface area contributed by atoms with Crippen molar-refractivity contribution in [1.82, 2.24) is 19.8 Å². The minimum atomic E-state index is -3.86. The molecule has 1 unspecified atom stereocenters. The van der Waals surface area contributed by atoms with Crippen LogP contribution in [0, 0.1) is 0 Å². The number of nitrogens with zero attached hydrogens (tertiary/aromatic N) is 2. The Morgan fingerprint density at radius 3 is 2.68 bits per heavy atom. The summed E-state index contributed by atoms with van der Waals surface area (Å²) in [5.41, 5.74) is 5.51. The molecule has 1 amide bonds. The first-order chi connectivity index (χ1) is 8.77. The fraction of sp³-hybridized carbons (Fsp3) is 0.600. The highest BCUT2D eigenvalue weighted by Crippen LogP contribution is 2.15. The summed E-state index contributed by atoms with van der Waals surface area (Å²) in [7, 11) is -2.30. The first kappa shape index (κ1) is 15.4. The van der Waals surface area contributed by atoms with Gasteiger partial charge in [-0.1, -0.05) is 6.92 Å². The quantitative estimate of drug-likeness (QED) is 0.633. The van der Waals surface area contributed by atoms with E-state index in [1.165, 1.54) is 17.8 Å². The molecule has 0 spiro atoms. The first-order valence-electron chi connectivity index (χ1n) is 5.87. The zero-order valence-corrected chi connectivity index (χ0v) is 12.0. The van der Waals surface area contributed by atoms with Crippen molar-refractivity contribution in [2.24, 2.45) is 7.05 Å². The molecule has 19 heavy (non-hydrogen) atoms. The number of anilines is 1. The summed E-state index contributed by atoms with van der Waals surface area (Å²) in [6.45, 7) is 3.88. The number of aryl methyl sites for hydroxylation is 1. The van der Waals surface area contributed by atoms with E-state index < -0.39 is 16.1 Å². The van der Waals surface area contributed by atoms with E-state index in [0.717, 1.165) is 6.42 Å². The third kappa shape index (κ3) is 3.93. The molecule has 1 aromatic heterocycles. The highest BCUT2D eigenvalue weighted by molar-refractivity contribution is 7.89. The van der Waals surface area contributed by atoms with Crippen LogP contribution in [-0.2, 0) is 21.9 Å².